The average Bonchev–Trinajstić information content (AvgIpc) is 2.17. The minimum atomic E-state index is -0.344. The van der Waals surface area contributed by atoms with Crippen molar-refractivity contribution in [2.45, 2.75) is 45.1 Å². The van der Waals surface area contributed by atoms with Crippen molar-refractivity contribution in [1.29, 1.82) is 0 Å². The van der Waals surface area contributed by atoms with E-state index >= 15 is 0 Å². The monoisotopic (exact) mass is 199 g/mol. The number of unbranched alkanes of at least 4 members (excludes halogenated alkanes) is 3. The van der Waals surface area contributed by atoms with Crippen molar-refractivity contribution >= 4 is 6.09 Å². The summed E-state index contributed by atoms with van der Waals surface area (Å²) in [5, 5.41) is 2.43. The van der Waals surface area contributed by atoms with Gasteiger partial charge in [0.2, 0.25) is 0 Å². The van der Waals surface area contributed by atoms with Crippen LogP contribution < -0.4 is 5.32 Å². The summed E-state index contributed by atoms with van der Waals surface area (Å²) in [6.45, 7) is 5.59. The molecule has 0 spiro atoms. The molecule has 0 aromatic heterocycles. The van der Waals surface area contributed by atoms with Crippen molar-refractivity contribution < 1.29 is 9.53 Å². The van der Waals surface area contributed by atoms with E-state index in [9.17, 15) is 4.79 Å². The molecular formula is C11H21NO2. The number of rotatable bonds is 7. The topological polar surface area (TPSA) is 38.3 Å². The molecule has 0 bridgehead atoms. The van der Waals surface area contributed by atoms with E-state index in [1.165, 1.54) is 12.8 Å². The summed E-state index contributed by atoms with van der Waals surface area (Å²) in [6.07, 6.45) is 7.07. The zero-order chi connectivity index (χ0) is 10.8. The highest BCUT2D eigenvalue weighted by molar-refractivity contribution is 5.66. The molecule has 1 N–H and O–H groups in total. The Morgan fingerprint density at radius 1 is 1.50 bits per heavy atom. The van der Waals surface area contributed by atoms with Crippen molar-refractivity contribution in [3.63, 3.8) is 0 Å². The lowest BCUT2D eigenvalue weighted by Gasteiger charge is -2.12. The van der Waals surface area contributed by atoms with Gasteiger partial charge in [0, 0.05) is 7.05 Å². The summed E-state index contributed by atoms with van der Waals surface area (Å²) in [6, 6.07) is 0. The second kappa shape index (κ2) is 8.60. The maximum Gasteiger partial charge on any atom is 0.407 e. The van der Waals surface area contributed by atoms with Crippen LogP contribution in [-0.4, -0.2) is 19.2 Å². The summed E-state index contributed by atoms with van der Waals surface area (Å²) in [7, 11) is 1.57. The molecule has 3 heteroatoms. The number of nitrogens with one attached hydrogen (secondary N) is 1. The SMILES string of the molecule is C=CCCCCCC(C)OC(=O)NC. The molecule has 1 amide bonds. The van der Waals surface area contributed by atoms with E-state index in [1.54, 1.807) is 7.05 Å². The Morgan fingerprint density at radius 3 is 2.79 bits per heavy atom. The van der Waals surface area contributed by atoms with Crippen molar-refractivity contribution in [3.05, 3.63) is 12.7 Å². The molecule has 0 aliphatic carbocycles. The number of hydrogen-bond donors (Lipinski definition) is 1. The lowest BCUT2D eigenvalue weighted by Crippen LogP contribution is -2.24. The van der Waals surface area contributed by atoms with Gasteiger partial charge in [-0.2, -0.15) is 0 Å². The van der Waals surface area contributed by atoms with Crippen LogP contribution in [0.15, 0.2) is 12.7 Å². The molecule has 0 saturated carbocycles. The van der Waals surface area contributed by atoms with Crippen molar-refractivity contribution in [2.24, 2.45) is 0 Å². The zero-order valence-corrected chi connectivity index (χ0v) is 9.21. The fraction of sp³-hybridized carbons (Fsp3) is 0.727. The first-order valence-electron chi connectivity index (χ1n) is 5.20. The fourth-order valence-electron chi connectivity index (χ4n) is 1.20. The van der Waals surface area contributed by atoms with Crippen LogP contribution in [0.1, 0.15) is 39.0 Å². The molecule has 1 unspecified atom stereocenters. The Kier molecular flexibility index (Phi) is 7.99. The van der Waals surface area contributed by atoms with Gasteiger partial charge >= 0.3 is 6.09 Å². The highest BCUT2D eigenvalue weighted by Gasteiger charge is 2.06. The van der Waals surface area contributed by atoms with Crippen LogP contribution >= 0.6 is 0 Å². The highest BCUT2D eigenvalue weighted by atomic mass is 16.6. The van der Waals surface area contributed by atoms with Crippen LogP contribution in [-0.2, 0) is 4.74 Å². The normalized spacial score (nSPS) is 11.9. The smallest absolute Gasteiger partial charge is 0.407 e. The molecule has 0 aliphatic heterocycles. The highest BCUT2D eigenvalue weighted by Crippen LogP contribution is 2.08. The minimum Gasteiger partial charge on any atom is -0.447 e. The standard InChI is InChI=1S/C11H21NO2/c1-4-5-6-7-8-9-10(2)14-11(13)12-3/h4,10H,1,5-9H2,2-3H3,(H,12,13). The molecule has 0 heterocycles. The molecule has 82 valence electrons. The van der Waals surface area contributed by atoms with Gasteiger partial charge in [-0.1, -0.05) is 12.5 Å². The van der Waals surface area contributed by atoms with E-state index in [2.05, 4.69) is 11.9 Å². The van der Waals surface area contributed by atoms with Gasteiger partial charge in [-0.25, -0.2) is 4.79 Å². The van der Waals surface area contributed by atoms with Crippen LogP contribution in [0.5, 0.6) is 0 Å². The quantitative estimate of drug-likeness (QED) is 0.505. The van der Waals surface area contributed by atoms with Crippen LogP contribution in [0.4, 0.5) is 4.79 Å². The van der Waals surface area contributed by atoms with Gasteiger partial charge in [-0.3, -0.25) is 0 Å². The average molecular weight is 199 g/mol. The number of alkyl carbamates (subject to hydrolysis) is 1. The van der Waals surface area contributed by atoms with Gasteiger partial charge < -0.3 is 10.1 Å². The predicted octanol–water partition coefficient (Wildman–Crippen LogP) is 2.87. The molecule has 0 aliphatic rings. The Labute approximate surface area is 86.5 Å². The van der Waals surface area contributed by atoms with Crippen LogP contribution in [0, 0.1) is 0 Å². The van der Waals surface area contributed by atoms with E-state index in [0.29, 0.717) is 0 Å². The van der Waals surface area contributed by atoms with Crippen molar-refractivity contribution in [1.82, 2.24) is 5.32 Å². The first-order chi connectivity index (χ1) is 6.70. The molecule has 1 atom stereocenters. The third-order valence-corrected chi connectivity index (χ3v) is 2.03. The van der Waals surface area contributed by atoms with Gasteiger partial charge in [0.1, 0.15) is 6.10 Å². The third-order valence-electron chi connectivity index (χ3n) is 2.03. The first kappa shape index (κ1) is 13.0. The summed E-state index contributed by atoms with van der Waals surface area (Å²) < 4.78 is 5.04. The molecular weight excluding hydrogens is 178 g/mol. The van der Waals surface area contributed by atoms with Gasteiger partial charge in [0.05, 0.1) is 0 Å². The van der Waals surface area contributed by atoms with Gasteiger partial charge in [-0.15, -0.1) is 6.58 Å². The number of hydrogen-bond acceptors (Lipinski definition) is 2. The Hall–Kier alpha value is -0.990. The Bertz CT molecular complexity index is 169. The Morgan fingerprint density at radius 2 is 2.21 bits per heavy atom. The largest absolute Gasteiger partial charge is 0.447 e. The minimum absolute atomic E-state index is 0.0127. The molecule has 3 nitrogen and oxygen atoms in total. The summed E-state index contributed by atoms with van der Waals surface area (Å²) in [5.41, 5.74) is 0. The van der Waals surface area contributed by atoms with Gasteiger partial charge in [0.15, 0.2) is 0 Å². The van der Waals surface area contributed by atoms with Gasteiger partial charge in [0.25, 0.3) is 0 Å². The summed E-state index contributed by atoms with van der Waals surface area (Å²) in [4.78, 5) is 10.8. The number of carbonyl (C=O) groups excluding carboxylic acids is 1. The number of carbonyl (C=O) groups is 1. The summed E-state index contributed by atoms with van der Waals surface area (Å²) >= 11 is 0. The lowest BCUT2D eigenvalue weighted by molar-refractivity contribution is 0.103. The maximum atomic E-state index is 10.8. The van der Waals surface area contributed by atoms with Crippen molar-refractivity contribution in [2.75, 3.05) is 7.05 Å². The molecule has 0 saturated heterocycles. The second-order valence-electron chi connectivity index (χ2n) is 3.39. The second-order valence-corrected chi connectivity index (χ2v) is 3.39. The number of allylic oxidation sites excluding steroid dienone is 1. The van der Waals surface area contributed by atoms with E-state index in [0.717, 1.165) is 19.3 Å². The molecule has 0 rings (SSSR count). The van der Waals surface area contributed by atoms with Crippen LogP contribution in [0.25, 0.3) is 0 Å². The molecule has 0 fully saturated rings. The van der Waals surface area contributed by atoms with E-state index < -0.39 is 0 Å². The lowest BCUT2D eigenvalue weighted by atomic mass is 10.1. The zero-order valence-electron chi connectivity index (χ0n) is 9.21. The predicted molar refractivity (Wildman–Crippen MR) is 58.3 cm³/mol. The molecule has 0 aromatic carbocycles. The molecule has 0 radical (unpaired) electrons. The Balaban J connectivity index is 3.30. The first-order valence-corrected chi connectivity index (χ1v) is 5.20. The van der Waals surface area contributed by atoms with Crippen molar-refractivity contribution in [3.8, 4) is 0 Å². The van der Waals surface area contributed by atoms with E-state index in [1.807, 2.05) is 13.0 Å². The van der Waals surface area contributed by atoms with E-state index in [-0.39, 0.29) is 12.2 Å². The number of amides is 1. The van der Waals surface area contributed by atoms with E-state index in [4.69, 9.17) is 4.74 Å². The molecule has 0 aromatic rings. The number of ether oxygens (including phenoxy) is 1. The maximum absolute atomic E-state index is 10.8. The van der Waals surface area contributed by atoms with Gasteiger partial charge in [-0.05, 0) is 32.6 Å². The third kappa shape index (κ3) is 7.65. The summed E-state index contributed by atoms with van der Waals surface area (Å²) in [5.74, 6) is 0. The molecule has 14 heavy (non-hydrogen) atoms. The van der Waals surface area contributed by atoms with Crippen LogP contribution in [0.3, 0.4) is 0 Å². The van der Waals surface area contributed by atoms with Crippen LogP contribution in [0.2, 0.25) is 0 Å². The fourth-order valence-corrected chi connectivity index (χ4v) is 1.20.